The van der Waals surface area contributed by atoms with Gasteiger partial charge < -0.3 is 24.4 Å². The highest BCUT2D eigenvalue weighted by Crippen LogP contribution is 2.37. The van der Waals surface area contributed by atoms with E-state index in [4.69, 9.17) is 25.8 Å². The van der Waals surface area contributed by atoms with Crippen molar-refractivity contribution in [2.24, 2.45) is 0 Å². The molecule has 0 heterocycles. The van der Waals surface area contributed by atoms with Gasteiger partial charge in [-0.25, -0.2) is 8.42 Å². The number of carbonyl (C=O) groups is 2. The number of sulfonamides is 1. The summed E-state index contributed by atoms with van der Waals surface area (Å²) < 4.78 is 46.4. The van der Waals surface area contributed by atoms with Crippen LogP contribution in [0.2, 0.25) is 5.02 Å². The molecule has 4 aromatic rings. The summed E-state index contributed by atoms with van der Waals surface area (Å²) in [5, 5.41) is 3.27. The molecular weight excluding hydrogens is 678 g/mol. The minimum atomic E-state index is -4.49. The average molecular weight is 722 g/mol. The van der Waals surface area contributed by atoms with Gasteiger partial charge in [-0.1, -0.05) is 78.7 Å². The van der Waals surface area contributed by atoms with Gasteiger partial charge in [-0.15, -0.1) is 0 Å². The maximum atomic E-state index is 14.8. The highest BCUT2D eigenvalue weighted by atomic mass is 35.5. The Balaban J connectivity index is 1.89. The van der Waals surface area contributed by atoms with Crippen molar-refractivity contribution in [3.8, 4) is 17.2 Å². The zero-order chi connectivity index (χ0) is 36.4. The third-order valence-electron chi connectivity index (χ3n) is 8.34. The number of ether oxygens (including phenoxy) is 3. The minimum Gasteiger partial charge on any atom is -0.495 e. The molecule has 12 heteroatoms. The first kappa shape index (κ1) is 38.1. The summed E-state index contributed by atoms with van der Waals surface area (Å²) in [6.07, 6.45) is 0.880. The second-order valence-corrected chi connectivity index (χ2v) is 14.2. The Morgan fingerprint density at radius 3 is 2.12 bits per heavy atom. The lowest BCUT2D eigenvalue weighted by molar-refractivity contribution is -0.140. The molecule has 0 saturated carbocycles. The summed E-state index contributed by atoms with van der Waals surface area (Å²) >= 11 is 6.41. The quantitative estimate of drug-likeness (QED) is 0.142. The summed E-state index contributed by atoms with van der Waals surface area (Å²) in [6.45, 7) is 5.16. The smallest absolute Gasteiger partial charge is 0.265 e. The number of carbonyl (C=O) groups excluding carboxylic acids is 2. The molecule has 0 fully saturated rings. The molecule has 0 aliphatic heterocycles. The number of nitrogens with zero attached hydrogens (tertiary/aromatic N) is 2. The molecule has 4 rings (SSSR count). The third-order valence-corrected chi connectivity index (χ3v) is 10.3. The van der Waals surface area contributed by atoms with E-state index in [1.807, 2.05) is 75.4 Å². The van der Waals surface area contributed by atoms with Gasteiger partial charge in [0.05, 0.1) is 31.9 Å². The fourth-order valence-electron chi connectivity index (χ4n) is 5.48. The Bertz CT molecular complexity index is 1890. The molecule has 50 heavy (non-hydrogen) atoms. The van der Waals surface area contributed by atoms with E-state index in [-0.39, 0.29) is 52.0 Å². The number of hydrogen-bond donors (Lipinski definition) is 1. The summed E-state index contributed by atoms with van der Waals surface area (Å²) in [6, 6.07) is 24.6. The molecule has 0 aliphatic rings. The standard InChI is InChI=1S/C38H44ClN3O7S/c1-7-27(3)40-38(44)33(21-28-13-9-8-10-14-28)41(24-29-15-11-12-26(2)20-29)37(43)25-42(32-22-30(39)16-18-34(32)47-4)50(45,46)31-17-19-35(48-5)36(23-31)49-6/h8-20,22-23,27,33H,7,21,24-25H2,1-6H3,(H,40,44)/t27-,33+/m0/s1. The Morgan fingerprint density at radius 1 is 0.820 bits per heavy atom. The molecule has 0 spiro atoms. The minimum absolute atomic E-state index is 0.0438. The van der Waals surface area contributed by atoms with Crippen molar-refractivity contribution < 1.29 is 32.2 Å². The van der Waals surface area contributed by atoms with E-state index in [1.165, 1.54) is 56.6 Å². The zero-order valence-corrected chi connectivity index (χ0v) is 30.8. The van der Waals surface area contributed by atoms with Gasteiger partial charge in [0, 0.05) is 30.1 Å². The number of nitrogens with one attached hydrogen (secondary N) is 1. The van der Waals surface area contributed by atoms with Crippen LogP contribution >= 0.6 is 11.6 Å². The summed E-state index contributed by atoms with van der Waals surface area (Å²) in [5.74, 6) is -0.276. The molecule has 0 radical (unpaired) electrons. The SMILES string of the molecule is CC[C@H](C)NC(=O)[C@@H](Cc1ccccc1)N(Cc1cccc(C)c1)C(=O)CN(c1cc(Cl)ccc1OC)S(=O)(=O)c1ccc(OC)c(OC)c1. The summed E-state index contributed by atoms with van der Waals surface area (Å²) in [4.78, 5) is 30.2. The monoisotopic (exact) mass is 721 g/mol. The molecule has 2 amide bonds. The van der Waals surface area contributed by atoms with E-state index in [9.17, 15) is 18.0 Å². The van der Waals surface area contributed by atoms with Crippen LogP contribution in [0.15, 0.2) is 95.9 Å². The first-order valence-electron chi connectivity index (χ1n) is 16.2. The van der Waals surface area contributed by atoms with E-state index in [1.54, 1.807) is 6.07 Å². The lowest BCUT2D eigenvalue weighted by atomic mass is 10.0. The number of aryl methyl sites for hydroxylation is 1. The molecule has 10 nitrogen and oxygen atoms in total. The Morgan fingerprint density at radius 2 is 1.48 bits per heavy atom. The molecule has 4 aromatic carbocycles. The van der Waals surface area contributed by atoms with Crippen molar-refractivity contribution in [2.45, 2.75) is 57.1 Å². The molecule has 1 N–H and O–H groups in total. The first-order valence-corrected chi connectivity index (χ1v) is 18.0. The van der Waals surface area contributed by atoms with Gasteiger partial charge in [0.2, 0.25) is 11.8 Å². The second-order valence-electron chi connectivity index (χ2n) is 11.9. The van der Waals surface area contributed by atoms with E-state index < -0.39 is 28.5 Å². The van der Waals surface area contributed by atoms with Crippen LogP contribution in [-0.2, 0) is 32.6 Å². The van der Waals surface area contributed by atoms with Crippen LogP contribution in [0.5, 0.6) is 17.2 Å². The predicted molar refractivity (Wildman–Crippen MR) is 196 cm³/mol. The predicted octanol–water partition coefficient (Wildman–Crippen LogP) is 6.42. The number of hydrogen-bond acceptors (Lipinski definition) is 7. The van der Waals surface area contributed by atoms with E-state index in [2.05, 4.69) is 5.32 Å². The molecule has 0 bridgehead atoms. The van der Waals surface area contributed by atoms with Gasteiger partial charge in [0.15, 0.2) is 11.5 Å². The molecule has 0 unspecified atom stereocenters. The van der Waals surface area contributed by atoms with E-state index in [0.29, 0.717) is 12.2 Å². The zero-order valence-electron chi connectivity index (χ0n) is 29.2. The normalized spacial score (nSPS) is 12.4. The topological polar surface area (TPSA) is 114 Å². The van der Waals surface area contributed by atoms with Crippen molar-refractivity contribution in [1.29, 1.82) is 0 Å². The number of rotatable bonds is 16. The van der Waals surface area contributed by atoms with E-state index in [0.717, 1.165) is 21.0 Å². The Hall–Kier alpha value is -4.74. The third kappa shape index (κ3) is 9.28. The van der Waals surface area contributed by atoms with Gasteiger partial charge >= 0.3 is 0 Å². The number of methoxy groups -OCH3 is 3. The van der Waals surface area contributed by atoms with Crippen molar-refractivity contribution in [3.63, 3.8) is 0 Å². The number of benzene rings is 4. The highest BCUT2D eigenvalue weighted by molar-refractivity contribution is 7.92. The molecule has 266 valence electrons. The molecule has 0 saturated heterocycles. The number of amides is 2. The molecule has 0 aromatic heterocycles. The number of anilines is 1. The number of halogens is 1. The lowest BCUT2D eigenvalue weighted by Crippen LogP contribution is -2.54. The Labute approximate surface area is 300 Å². The van der Waals surface area contributed by atoms with Crippen molar-refractivity contribution >= 4 is 39.1 Å². The van der Waals surface area contributed by atoms with Crippen LogP contribution in [0, 0.1) is 6.92 Å². The second kappa shape index (κ2) is 17.3. The van der Waals surface area contributed by atoms with Gasteiger partial charge in [0.25, 0.3) is 10.0 Å². The summed E-state index contributed by atoms with van der Waals surface area (Å²) in [5.41, 5.74) is 2.63. The fourth-order valence-corrected chi connectivity index (χ4v) is 7.08. The fraction of sp³-hybridized carbons (Fsp3) is 0.316. The van der Waals surface area contributed by atoms with Crippen LogP contribution in [0.1, 0.15) is 37.0 Å². The van der Waals surface area contributed by atoms with Crippen LogP contribution in [0.25, 0.3) is 0 Å². The first-order chi connectivity index (χ1) is 23.9. The van der Waals surface area contributed by atoms with Crippen molar-refractivity contribution in [3.05, 3.63) is 113 Å². The van der Waals surface area contributed by atoms with Crippen LogP contribution in [0.3, 0.4) is 0 Å². The Kier molecular flexibility index (Phi) is 13.1. The highest BCUT2D eigenvalue weighted by Gasteiger charge is 2.36. The summed E-state index contributed by atoms with van der Waals surface area (Å²) in [7, 11) is -0.245. The molecular formula is C38H44ClN3O7S. The maximum absolute atomic E-state index is 14.8. The van der Waals surface area contributed by atoms with Gasteiger partial charge in [-0.2, -0.15) is 0 Å². The molecule has 2 atom stereocenters. The van der Waals surface area contributed by atoms with Crippen molar-refractivity contribution in [2.75, 3.05) is 32.2 Å². The van der Waals surface area contributed by atoms with Crippen LogP contribution in [-0.4, -0.2) is 65.1 Å². The van der Waals surface area contributed by atoms with Gasteiger partial charge in [-0.05, 0) is 61.7 Å². The maximum Gasteiger partial charge on any atom is 0.265 e. The van der Waals surface area contributed by atoms with Crippen LogP contribution in [0.4, 0.5) is 5.69 Å². The van der Waals surface area contributed by atoms with Gasteiger partial charge in [-0.3, -0.25) is 13.9 Å². The lowest BCUT2D eigenvalue weighted by Gasteiger charge is -2.34. The molecule has 0 aliphatic carbocycles. The van der Waals surface area contributed by atoms with Crippen LogP contribution < -0.4 is 23.8 Å². The van der Waals surface area contributed by atoms with E-state index >= 15 is 0 Å². The average Bonchev–Trinajstić information content (AvgIpc) is 3.11. The largest absolute Gasteiger partial charge is 0.495 e. The van der Waals surface area contributed by atoms with Gasteiger partial charge in [0.1, 0.15) is 18.3 Å². The van der Waals surface area contributed by atoms with Crippen molar-refractivity contribution in [1.82, 2.24) is 10.2 Å².